The summed E-state index contributed by atoms with van der Waals surface area (Å²) >= 11 is 5.89. The maximum Gasteiger partial charge on any atom is 0.258 e. The number of pyridine rings is 1. The highest BCUT2D eigenvalue weighted by molar-refractivity contribution is 6.30. The van der Waals surface area contributed by atoms with Gasteiger partial charge in [-0.1, -0.05) is 35.9 Å². The Balaban J connectivity index is 1.91. The van der Waals surface area contributed by atoms with Crippen LogP contribution in [0, 0.1) is 0 Å². The molecule has 0 fully saturated rings. The van der Waals surface area contributed by atoms with E-state index in [1.165, 1.54) is 0 Å². The number of hydrogen-bond acceptors (Lipinski definition) is 3. The summed E-state index contributed by atoms with van der Waals surface area (Å²) in [7, 11) is 1.61. The predicted molar refractivity (Wildman–Crippen MR) is 98.7 cm³/mol. The second-order valence-corrected chi connectivity index (χ2v) is 6.20. The van der Waals surface area contributed by atoms with E-state index in [0.29, 0.717) is 23.6 Å². The average molecular weight is 356 g/mol. The van der Waals surface area contributed by atoms with Gasteiger partial charge in [0.25, 0.3) is 5.56 Å². The molecule has 2 aromatic carbocycles. The lowest BCUT2D eigenvalue weighted by atomic mass is 10.1. The van der Waals surface area contributed by atoms with E-state index in [1.807, 2.05) is 36.4 Å². The quantitative estimate of drug-likeness (QED) is 0.756. The molecule has 1 heterocycles. The van der Waals surface area contributed by atoms with Crippen LogP contribution in [0.4, 0.5) is 0 Å². The fourth-order valence-corrected chi connectivity index (χ4v) is 2.80. The highest BCUT2D eigenvalue weighted by Crippen LogP contribution is 2.19. The fourth-order valence-electron chi connectivity index (χ4n) is 2.68. The van der Waals surface area contributed by atoms with Crippen LogP contribution in [0.25, 0.3) is 0 Å². The Labute approximate surface area is 150 Å². The Morgan fingerprint density at radius 2 is 1.84 bits per heavy atom. The standard InChI is InChI=1S/C20H18ClNO3/c1-25-17-4-2-3-15(11-17)13-22-10-9-19(23)18(20(22)24)12-14-5-7-16(21)8-6-14/h2-11,23H,12-13H2,1H3. The van der Waals surface area contributed by atoms with Gasteiger partial charge in [-0.05, 0) is 41.5 Å². The first-order chi connectivity index (χ1) is 12.1. The first-order valence-corrected chi connectivity index (χ1v) is 8.23. The summed E-state index contributed by atoms with van der Waals surface area (Å²) in [6, 6.07) is 16.3. The van der Waals surface area contributed by atoms with Gasteiger partial charge in [0.1, 0.15) is 11.5 Å². The Morgan fingerprint density at radius 1 is 1.08 bits per heavy atom. The number of halogens is 1. The van der Waals surface area contributed by atoms with Gasteiger partial charge < -0.3 is 14.4 Å². The molecular weight excluding hydrogens is 338 g/mol. The number of benzene rings is 2. The summed E-state index contributed by atoms with van der Waals surface area (Å²) in [4.78, 5) is 12.8. The Hall–Kier alpha value is -2.72. The van der Waals surface area contributed by atoms with Crippen LogP contribution in [-0.4, -0.2) is 16.8 Å². The Morgan fingerprint density at radius 3 is 2.56 bits per heavy atom. The number of hydrogen-bond donors (Lipinski definition) is 1. The van der Waals surface area contributed by atoms with Gasteiger partial charge in [0.15, 0.2) is 0 Å². The number of aromatic hydroxyl groups is 1. The maximum absolute atomic E-state index is 12.8. The monoisotopic (exact) mass is 355 g/mol. The zero-order valence-corrected chi connectivity index (χ0v) is 14.5. The molecular formula is C20H18ClNO3. The van der Waals surface area contributed by atoms with Crippen molar-refractivity contribution in [1.82, 2.24) is 4.57 Å². The molecule has 3 aromatic rings. The van der Waals surface area contributed by atoms with Gasteiger partial charge in [-0.3, -0.25) is 4.79 Å². The van der Waals surface area contributed by atoms with Crippen LogP contribution in [0.15, 0.2) is 65.6 Å². The third kappa shape index (κ3) is 4.03. The molecule has 5 heteroatoms. The second-order valence-electron chi connectivity index (χ2n) is 5.77. The van der Waals surface area contributed by atoms with Gasteiger partial charge in [0.2, 0.25) is 0 Å². The molecule has 0 aliphatic rings. The molecule has 0 aliphatic carbocycles. The lowest BCUT2D eigenvalue weighted by Gasteiger charge is -2.11. The summed E-state index contributed by atoms with van der Waals surface area (Å²) < 4.78 is 6.80. The van der Waals surface area contributed by atoms with E-state index in [0.717, 1.165) is 16.9 Å². The summed E-state index contributed by atoms with van der Waals surface area (Å²) in [6.07, 6.45) is 1.95. The lowest BCUT2D eigenvalue weighted by molar-refractivity contribution is 0.414. The topological polar surface area (TPSA) is 51.5 Å². The molecule has 0 aliphatic heterocycles. The Bertz CT molecular complexity index is 932. The minimum absolute atomic E-state index is 0.00171. The van der Waals surface area contributed by atoms with Gasteiger partial charge in [0.05, 0.1) is 19.2 Å². The predicted octanol–water partition coefficient (Wildman–Crippen LogP) is 3.86. The van der Waals surface area contributed by atoms with Crippen molar-refractivity contribution in [3.05, 3.63) is 92.9 Å². The molecule has 1 N–H and O–H groups in total. The third-order valence-electron chi connectivity index (χ3n) is 4.02. The number of aromatic nitrogens is 1. The van der Waals surface area contributed by atoms with E-state index >= 15 is 0 Å². The van der Waals surface area contributed by atoms with E-state index in [9.17, 15) is 9.90 Å². The van der Waals surface area contributed by atoms with E-state index in [1.54, 1.807) is 36.1 Å². The maximum atomic E-state index is 12.8. The molecule has 0 amide bonds. The number of methoxy groups -OCH3 is 1. The molecule has 3 rings (SSSR count). The molecule has 0 atom stereocenters. The first kappa shape index (κ1) is 17.1. The molecule has 4 nitrogen and oxygen atoms in total. The first-order valence-electron chi connectivity index (χ1n) is 7.85. The SMILES string of the molecule is COc1cccc(Cn2ccc(O)c(Cc3ccc(Cl)cc3)c2=O)c1. The zero-order chi connectivity index (χ0) is 17.8. The highest BCUT2D eigenvalue weighted by Gasteiger charge is 2.11. The highest BCUT2D eigenvalue weighted by atomic mass is 35.5. The van der Waals surface area contributed by atoms with Crippen molar-refractivity contribution in [2.45, 2.75) is 13.0 Å². The van der Waals surface area contributed by atoms with E-state index in [4.69, 9.17) is 16.3 Å². The lowest BCUT2D eigenvalue weighted by Crippen LogP contribution is -2.24. The van der Waals surface area contributed by atoms with Crippen LogP contribution in [0.3, 0.4) is 0 Å². The van der Waals surface area contributed by atoms with Gasteiger partial charge in [-0.15, -0.1) is 0 Å². The summed E-state index contributed by atoms with van der Waals surface area (Å²) in [5, 5.41) is 10.8. The molecule has 0 saturated carbocycles. The van der Waals surface area contributed by atoms with Crippen LogP contribution in [-0.2, 0) is 13.0 Å². The molecule has 1 aromatic heterocycles. The van der Waals surface area contributed by atoms with E-state index in [2.05, 4.69) is 0 Å². The van der Waals surface area contributed by atoms with Crippen molar-refractivity contribution < 1.29 is 9.84 Å². The van der Waals surface area contributed by atoms with Crippen molar-refractivity contribution in [2.24, 2.45) is 0 Å². The normalized spacial score (nSPS) is 10.6. The van der Waals surface area contributed by atoms with Crippen LogP contribution >= 0.6 is 11.6 Å². The van der Waals surface area contributed by atoms with Gasteiger partial charge in [-0.2, -0.15) is 0 Å². The van der Waals surface area contributed by atoms with Gasteiger partial charge in [0, 0.05) is 17.6 Å². The van der Waals surface area contributed by atoms with Crippen molar-refractivity contribution in [1.29, 1.82) is 0 Å². The largest absolute Gasteiger partial charge is 0.507 e. The van der Waals surface area contributed by atoms with Crippen molar-refractivity contribution in [2.75, 3.05) is 7.11 Å². The number of nitrogens with zero attached hydrogens (tertiary/aromatic N) is 1. The van der Waals surface area contributed by atoms with Crippen molar-refractivity contribution in [3.63, 3.8) is 0 Å². The fraction of sp³-hybridized carbons (Fsp3) is 0.150. The van der Waals surface area contributed by atoms with Crippen molar-refractivity contribution >= 4 is 11.6 Å². The Kier molecular flexibility index (Phi) is 5.10. The summed E-state index contributed by atoms with van der Waals surface area (Å²) in [5.74, 6) is 0.743. The summed E-state index contributed by atoms with van der Waals surface area (Å²) in [6.45, 7) is 0.407. The number of rotatable bonds is 5. The molecule has 0 spiro atoms. The second kappa shape index (κ2) is 7.45. The molecule has 0 unspecified atom stereocenters. The van der Waals surface area contributed by atoms with Gasteiger partial charge in [-0.25, -0.2) is 0 Å². The van der Waals surface area contributed by atoms with Crippen molar-refractivity contribution in [3.8, 4) is 11.5 Å². The minimum Gasteiger partial charge on any atom is -0.507 e. The van der Waals surface area contributed by atoms with Crippen LogP contribution < -0.4 is 10.3 Å². The van der Waals surface area contributed by atoms with Crippen LogP contribution in [0.1, 0.15) is 16.7 Å². The average Bonchev–Trinajstić information content (AvgIpc) is 2.63. The summed E-state index contributed by atoms with van der Waals surface area (Å²) in [5.41, 5.74) is 2.02. The molecule has 25 heavy (non-hydrogen) atoms. The zero-order valence-electron chi connectivity index (χ0n) is 13.8. The smallest absolute Gasteiger partial charge is 0.258 e. The third-order valence-corrected chi connectivity index (χ3v) is 4.27. The molecule has 0 bridgehead atoms. The molecule has 0 radical (unpaired) electrons. The van der Waals surface area contributed by atoms with Crippen LogP contribution in [0.2, 0.25) is 5.02 Å². The minimum atomic E-state index is -0.210. The molecule has 128 valence electrons. The van der Waals surface area contributed by atoms with Gasteiger partial charge >= 0.3 is 0 Å². The number of ether oxygens (including phenoxy) is 1. The van der Waals surface area contributed by atoms with E-state index in [-0.39, 0.29) is 11.3 Å². The van der Waals surface area contributed by atoms with E-state index < -0.39 is 0 Å². The molecule has 0 saturated heterocycles. The van der Waals surface area contributed by atoms with Crippen LogP contribution in [0.5, 0.6) is 11.5 Å².